The number of benzene rings is 1. The van der Waals surface area contributed by atoms with Gasteiger partial charge in [0.1, 0.15) is 12.4 Å². The number of nitrogens with one attached hydrogen (secondary N) is 1. The minimum absolute atomic E-state index is 0. The maximum absolute atomic E-state index is 12.3. The number of rotatable bonds is 3. The van der Waals surface area contributed by atoms with Crippen LogP contribution in [-0.2, 0) is 9.53 Å². The molecule has 2 heterocycles. The number of ether oxygens (including phenoxy) is 2. The summed E-state index contributed by atoms with van der Waals surface area (Å²) < 4.78 is 10.9. The van der Waals surface area contributed by atoms with Gasteiger partial charge < -0.3 is 20.5 Å². The quantitative estimate of drug-likeness (QED) is 0.878. The van der Waals surface area contributed by atoms with Gasteiger partial charge in [-0.15, -0.1) is 12.4 Å². The van der Waals surface area contributed by atoms with Gasteiger partial charge in [0.05, 0.1) is 12.1 Å². The summed E-state index contributed by atoms with van der Waals surface area (Å²) in [5.74, 6) is 0.813. The Bertz CT molecular complexity index is 536. The van der Waals surface area contributed by atoms with Gasteiger partial charge in [-0.05, 0) is 37.0 Å². The zero-order chi connectivity index (χ0) is 14.8. The molecule has 22 heavy (non-hydrogen) atoms. The van der Waals surface area contributed by atoms with E-state index in [0.29, 0.717) is 24.8 Å². The molecule has 1 amide bonds. The van der Waals surface area contributed by atoms with Crippen LogP contribution in [0.2, 0.25) is 5.02 Å². The zero-order valence-corrected chi connectivity index (χ0v) is 13.7. The lowest BCUT2D eigenvalue weighted by molar-refractivity contribution is -0.125. The van der Waals surface area contributed by atoms with E-state index in [9.17, 15) is 4.79 Å². The van der Waals surface area contributed by atoms with Gasteiger partial charge in [0.2, 0.25) is 5.91 Å². The number of fused-ring (bicyclic) bond motifs is 1. The number of nitrogens with two attached hydrogens (primary N) is 1. The van der Waals surface area contributed by atoms with Gasteiger partial charge in [-0.3, -0.25) is 4.79 Å². The minimum Gasteiger partial charge on any atom is -0.491 e. The van der Waals surface area contributed by atoms with E-state index in [-0.39, 0.29) is 30.3 Å². The summed E-state index contributed by atoms with van der Waals surface area (Å²) in [5.41, 5.74) is 7.00. The fourth-order valence-corrected chi connectivity index (χ4v) is 3.04. The van der Waals surface area contributed by atoms with E-state index in [4.69, 9.17) is 26.8 Å². The molecule has 5 nitrogen and oxygen atoms in total. The molecule has 0 saturated carbocycles. The number of amides is 1. The molecule has 3 N–H and O–H groups in total. The molecule has 3 rings (SSSR count). The van der Waals surface area contributed by atoms with Crippen LogP contribution in [0.25, 0.3) is 0 Å². The molecule has 0 bridgehead atoms. The molecule has 2 unspecified atom stereocenters. The highest BCUT2D eigenvalue weighted by Crippen LogP contribution is 2.34. The van der Waals surface area contributed by atoms with E-state index in [2.05, 4.69) is 5.32 Å². The van der Waals surface area contributed by atoms with Gasteiger partial charge in [-0.2, -0.15) is 0 Å². The van der Waals surface area contributed by atoms with Crippen molar-refractivity contribution in [1.29, 1.82) is 0 Å². The molecule has 0 spiro atoms. The van der Waals surface area contributed by atoms with Crippen LogP contribution in [0.1, 0.15) is 24.4 Å². The molecule has 1 saturated heterocycles. The Morgan fingerprint density at radius 1 is 1.36 bits per heavy atom. The summed E-state index contributed by atoms with van der Waals surface area (Å²) in [6.07, 6.45) is 1.66. The van der Waals surface area contributed by atoms with Crippen LogP contribution in [0.3, 0.4) is 0 Å². The largest absolute Gasteiger partial charge is 0.491 e. The second-order valence-corrected chi connectivity index (χ2v) is 5.97. The van der Waals surface area contributed by atoms with Gasteiger partial charge in [-0.25, -0.2) is 0 Å². The zero-order valence-electron chi connectivity index (χ0n) is 12.1. The van der Waals surface area contributed by atoms with E-state index in [0.717, 1.165) is 24.2 Å². The first-order valence-electron chi connectivity index (χ1n) is 7.21. The molecule has 0 aromatic heterocycles. The number of carbonyl (C=O) groups excluding carboxylic acids is 1. The average Bonchev–Trinajstić information content (AvgIpc) is 2.89. The molecule has 7 heteroatoms. The molecule has 1 aromatic carbocycles. The molecule has 0 aliphatic carbocycles. The standard InChI is InChI=1S/C15H19ClN2O3.ClH/c16-10-1-2-13-11(7-10)12(8-21-13)18-15(19)14(17)9-3-5-20-6-4-9;/h1-2,7,9,12,14H,3-6,8,17H2,(H,18,19);1H. The van der Waals surface area contributed by atoms with Crippen molar-refractivity contribution >= 4 is 29.9 Å². The van der Waals surface area contributed by atoms with Crippen LogP contribution in [0.4, 0.5) is 0 Å². The van der Waals surface area contributed by atoms with Crippen molar-refractivity contribution in [2.24, 2.45) is 11.7 Å². The second kappa shape index (κ2) is 7.51. The highest BCUT2D eigenvalue weighted by Gasteiger charge is 2.31. The van der Waals surface area contributed by atoms with Gasteiger partial charge in [0.15, 0.2) is 0 Å². The van der Waals surface area contributed by atoms with E-state index >= 15 is 0 Å². The Morgan fingerprint density at radius 2 is 2.09 bits per heavy atom. The molecule has 0 radical (unpaired) electrons. The molecule has 1 fully saturated rings. The lowest BCUT2D eigenvalue weighted by atomic mass is 9.91. The van der Waals surface area contributed by atoms with Crippen molar-refractivity contribution in [1.82, 2.24) is 5.32 Å². The van der Waals surface area contributed by atoms with Crippen molar-refractivity contribution in [3.63, 3.8) is 0 Å². The summed E-state index contributed by atoms with van der Waals surface area (Å²) in [7, 11) is 0. The molecule has 1 aromatic rings. The normalized spacial score (nSPS) is 22.2. The van der Waals surface area contributed by atoms with Gasteiger partial charge >= 0.3 is 0 Å². The van der Waals surface area contributed by atoms with Crippen LogP contribution in [-0.4, -0.2) is 31.8 Å². The lowest BCUT2D eigenvalue weighted by Gasteiger charge is -2.27. The number of hydrogen-bond donors (Lipinski definition) is 2. The highest BCUT2D eigenvalue weighted by atomic mass is 35.5. The Balaban J connectivity index is 0.00000176. The smallest absolute Gasteiger partial charge is 0.237 e. The van der Waals surface area contributed by atoms with Crippen LogP contribution in [0.15, 0.2) is 18.2 Å². The Hall–Kier alpha value is -1.01. The van der Waals surface area contributed by atoms with E-state index in [1.165, 1.54) is 0 Å². The molecular weight excluding hydrogens is 327 g/mol. The van der Waals surface area contributed by atoms with Gasteiger partial charge in [0, 0.05) is 23.8 Å². The Labute approximate surface area is 140 Å². The highest BCUT2D eigenvalue weighted by molar-refractivity contribution is 6.30. The van der Waals surface area contributed by atoms with Crippen LogP contribution < -0.4 is 15.8 Å². The summed E-state index contributed by atoms with van der Waals surface area (Å²) in [6, 6.07) is 4.74. The molecule has 2 atom stereocenters. The maximum Gasteiger partial charge on any atom is 0.237 e. The van der Waals surface area contributed by atoms with E-state index in [1.807, 2.05) is 12.1 Å². The first-order valence-corrected chi connectivity index (χ1v) is 7.59. The maximum atomic E-state index is 12.3. The minimum atomic E-state index is -0.503. The predicted octanol–water partition coefficient (Wildman–Crippen LogP) is 2.07. The lowest BCUT2D eigenvalue weighted by Crippen LogP contribution is -2.48. The molecular formula is C15H20Cl2N2O3. The van der Waals surface area contributed by atoms with Crippen molar-refractivity contribution in [3.8, 4) is 5.75 Å². The van der Waals surface area contributed by atoms with Gasteiger partial charge in [-0.1, -0.05) is 11.6 Å². The summed E-state index contributed by atoms with van der Waals surface area (Å²) in [6.45, 7) is 1.77. The topological polar surface area (TPSA) is 73.6 Å². The van der Waals surface area contributed by atoms with E-state index < -0.39 is 6.04 Å². The average molecular weight is 347 g/mol. The Kier molecular flexibility index (Phi) is 5.92. The second-order valence-electron chi connectivity index (χ2n) is 5.53. The van der Waals surface area contributed by atoms with E-state index in [1.54, 1.807) is 6.07 Å². The summed E-state index contributed by atoms with van der Waals surface area (Å²) in [4.78, 5) is 12.3. The van der Waals surface area contributed by atoms with Crippen molar-refractivity contribution in [3.05, 3.63) is 28.8 Å². The fraction of sp³-hybridized carbons (Fsp3) is 0.533. The Morgan fingerprint density at radius 3 is 2.82 bits per heavy atom. The number of carbonyl (C=O) groups is 1. The molecule has 2 aliphatic rings. The third-order valence-corrected chi connectivity index (χ3v) is 4.38. The van der Waals surface area contributed by atoms with Crippen LogP contribution in [0.5, 0.6) is 5.75 Å². The third kappa shape index (κ3) is 3.66. The van der Waals surface area contributed by atoms with Crippen molar-refractivity contribution in [2.45, 2.75) is 24.9 Å². The third-order valence-electron chi connectivity index (χ3n) is 4.15. The number of hydrogen-bond acceptors (Lipinski definition) is 4. The first kappa shape index (κ1) is 17.3. The van der Waals surface area contributed by atoms with Crippen molar-refractivity contribution in [2.75, 3.05) is 19.8 Å². The van der Waals surface area contributed by atoms with Crippen LogP contribution >= 0.6 is 24.0 Å². The van der Waals surface area contributed by atoms with Crippen molar-refractivity contribution < 1.29 is 14.3 Å². The first-order chi connectivity index (χ1) is 10.1. The molecule has 122 valence electrons. The van der Waals surface area contributed by atoms with Gasteiger partial charge in [0.25, 0.3) is 0 Å². The molecule has 2 aliphatic heterocycles. The summed E-state index contributed by atoms with van der Waals surface area (Å²) in [5, 5.41) is 3.60. The SMILES string of the molecule is Cl.NC(C(=O)NC1COc2ccc(Cl)cc21)C1CCOCC1. The fourth-order valence-electron chi connectivity index (χ4n) is 2.86. The monoisotopic (exact) mass is 346 g/mol. The predicted molar refractivity (Wildman–Crippen MR) is 86.6 cm³/mol. The van der Waals surface area contributed by atoms with Crippen LogP contribution in [0, 0.1) is 5.92 Å². The number of halogens is 2. The summed E-state index contributed by atoms with van der Waals surface area (Å²) >= 11 is 6.00.